The number of sulfonamides is 1. The van der Waals surface area contributed by atoms with Gasteiger partial charge in [0.25, 0.3) is 5.91 Å². The van der Waals surface area contributed by atoms with Gasteiger partial charge in [0.1, 0.15) is 11.8 Å². The van der Waals surface area contributed by atoms with E-state index in [2.05, 4.69) is 28.5 Å². The molecule has 1 aliphatic heterocycles. The summed E-state index contributed by atoms with van der Waals surface area (Å²) in [5.41, 5.74) is -1.50. The van der Waals surface area contributed by atoms with E-state index >= 15 is 0 Å². The van der Waals surface area contributed by atoms with Crippen LogP contribution in [0.4, 0.5) is 4.79 Å². The molecule has 14 heteroatoms. The second kappa shape index (κ2) is 12.8. The number of rotatable bonds is 17. The minimum Gasteiger partial charge on any atom is -0.465 e. The van der Waals surface area contributed by atoms with E-state index in [1.807, 2.05) is 0 Å². The van der Waals surface area contributed by atoms with Crippen molar-refractivity contribution in [2.75, 3.05) is 19.7 Å². The Labute approximate surface area is 234 Å². The quantitative estimate of drug-likeness (QED) is 0.0887. The maximum absolute atomic E-state index is 13.5. The largest absolute Gasteiger partial charge is 0.465 e. The third kappa shape index (κ3) is 7.28. The number of carboxylic acid groups (broad SMARTS) is 1. The van der Waals surface area contributed by atoms with Crippen LogP contribution in [-0.4, -0.2) is 102 Å². The number of hydrogen-bond donors (Lipinski definition) is 5. The van der Waals surface area contributed by atoms with Crippen molar-refractivity contribution in [3.63, 3.8) is 0 Å². The first-order chi connectivity index (χ1) is 18.8. The molecule has 3 fully saturated rings. The van der Waals surface area contributed by atoms with Crippen LogP contribution in [0.25, 0.3) is 0 Å². The zero-order chi connectivity index (χ0) is 29.7. The van der Waals surface area contributed by atoms with Gasteiger partial charge < -0.3 is 30.4 Å². The van der Waals surface area contributed by atoms with Crippen molar-refractivity contribution in [1.29, 1.82) is 0 Å². The number of nitrogens with zero attached hydrogens (tertiary/aromatic N) is 1. The molecule has 0 aromatic heterocycles. The van der Waals surface area contributed by atoms with E-state index in [1.54, 1.807) is 17.9 Å². The van der Waals surface area contributed by atoms with Crippen LogP contribution in [0.15, 0.2) is 25.3 Å². The molecule has 6 atom stereocenters. The fraction of sp³-hybridized carbons (Fsp3) is 0.692. The van der Waals surface area contributed by atoms with Crippen LogP contribution >= 0.6 is 0 Å². The molecule has 2 aliphatic carbocycles. The first-order valence-corrected chi connectivity index (χ1v) is 14.9. The number of nitrogens with one attached hydrogen (secondary N) is 3. The standard InChI is InChI=1S/C26H40N4O9S/c1-4-6-7-12-39-21(8-11-31)19(27-24(35)36)16-30-15-18(32)13-20(30)22(33)28-26(14-17(26)5-2)23(34)29-40(37,38)25(3)9-10-25/h4-5,11,17-21,27,32H,1-2,6-10,12-16H2,3H3,(H,28,33)(H,29,34)(H,35,36)/t17-,18-,19+,20+,21-,26-/m1/s1. The van der Waals surface area contributed by atoms with Gasteiger partial charge in [0, 0.05) is 32.0 Å². The lowest BCUT2D eigenvalue weighted by Crippen LogP contribution is -2.58. The van der Waals surface area contributed by atoms with E-state index < -0.39 is 68.4 Å². The number of allylic oxidation sites excluding steroid dienone is 1. The van der Waals surface area contributed by atoms with Crippen LogP contribution in [0.2, 0.25) is 0 Å². The van der Waals surface area contributed by atoms with E-state index in [9.17, 15) is 37.8 Å². The number of unbranched alkanes of at least 4 members (excludes halogenated alkanes) is 1. The third-order valence-corrected chi connectivity index (χ3v) is 10.1. The van der Waals surface area contributed by atoms with Gasteiger partial charge in [-0.15, -0.1) is 13.2 Å². The molecule has 40 heavy (non-hydrogen) atoms. The van der Waals surface area contributed by atoms with Gasteiger partial charge in [0.15, 0.2) is 0 Å². The normalized spacial score (nSPS) is 28.5. The Kier molecular flexibility index (Phi) is 10.1. The summed E-state index contributed by atoms with van der Waals surface area (Å²) in [6, 6.07) is -1.85. The van der Waals surface area contributed by atoms with Gasteiger partial charge in [-0.25, -0.2) is 13.2 Å². The molecule has 3 rings (SSSR count). The number of aliphatic hydroxyl groups excluding tert-OH is 1. The first kappa shape index (κ1) is 31.7. The molecule has 0 aromatic carbocycles. The highest BCUT2D eigenvalue weighted by Gasteiger charge is 2.62. The van der Waals surface area contributed by atoms with Crippen LogP contribution in [0.5, 0.6) is 0 Å². The van der Waals surface area contributed by atoms with Gasteiger partial charge in [-0.1, -0.05) is 12.2 Å². The van der Waals surface area contributed by atoms with Crippen molar-refractivity contribution >= 4 is 34.2 Å². The minimum atomic E-state index is -3.94. The van der Waals surface area contributed by atoms with Gasteiger partial charge in [-0.2, -0.15) is 0 Å². The highest BCUT2D eigenvalue weighted by molar-refractivity contribution is 7.91. The summed E-state index contributed by atoms with van der Waals surface area (Å²) in [5, 5.41) is 24.9. The van der Waals surface area contributed by atoms with Crippen molar-refractivity contribution in [1.82, 2.24) is 20.3 Å². The lowest BCUT2D eigenvalue weighted by molar-refractivity contribution is -0.132. The molecule has 0 bridgehead atoms. The van der Waals surface area contributed by atoms with Crippen molar-refractivity contribution < 1.29 is 42.5 Å². The van der Waals surface area contributed by atoms with Gasteiger partial charge in [0.2, 0.25) is 15.9 Å². The minimum absolute atomic E-state index is 0.0109. The topological polar surface area (TPSA) is 191 Å². The fourth-order valence-electron chi connectivity index (χ4n) is 5.05. The van der Waals surface area contributed by atoms with Crippen LogP contribution in [0, 0.1) is 5.92 Å². The molecule has 2 saturated carbocycles. The molecule has 3 amide bonds. The van der Waals surface area contributed by atoms with E-state index in [0.29, 0.717) is 32.0 Å². The Hall–Kier alpha value is -2.81. The molecular formula is C26H40N4O9S. The monoisotopic (exact) mass is 584 g/mol. The Morgan fingerprint density at radius 1 is 1.25 bits per heavy atom. The molecule has 5 N–H and O–H groups in total. The SMILES string of the molecule is C=CCCCO[C@H](CC=O)[C@H](CN1C[C@H](O)C[C@H]1C(=O)N[C@]1(C(=O)NS(=O)(=O)C2(C)CC2)C[C@H]1C=C)NC(=O)O. The number of likely N-dealkylation sites (tertiary alicyclic amines) is 1. The number of carbonyl (C=O) groups excluding carboxylic acids is 3. The Bertz CT molecular complexity index is 1110. The van der Waals surface area contributed by atoms with Crippen molar-refractivity contribution in [2.24, 2.45) is 5.92 Å². The number of aliphatic hydroxyl groups is 1. The maximum atomic E-state index is 13.5. The summed E-state index contributed by atoms with van der Waals surface area (Å²) >= 11 is 0. The zero-order valence-corrected chi connectivity index (χ0v) is 23.5. The van der Waals surface area contributed by atoms with Crippen LogP contribution in [-0.2, 0) is 29.1 Å². The number of ether oxygens (including phenoxy) is 1. The predicted octanol–water partition coefficient (Wildman–Crippen LogP) is 0.0576. The summed E-state index contributed by atoms with van der Waals surface area (Å²) in [6.45, 7) is 9.12. The molecule has 3 aliphatic rings. The van der Waals surface area contributed by atoms with E-state index in [0.717, 1.165) is 0 Å². The first-order valence-electron chi connectivity index (χ1n) is 13.4. The van der Waals surface area contributed by atoms with Gasteiger partial charge in [-0.3, -0.25) is 19.2 Å². The molecule has 0 radical (unpaired) electrons. The highest BCUT2D eigenvalue weighted by atomic mass is 32.2. The summed E-state index contributed by atoms with van der Waals surface area (Å²) < 4.78 is 32.2. The average molecular weight is 585 g/mol. The molecule has 1 saturated heterocycles. The zero-order valence-electron chi connectivity index (χ0n) is 22.7. The average Bonchev–Trinajstić information content (AvgIpc) is 3.77. The van der Waals surface area contributed by atoms with Gasteiger partial charge >= 0.3 is 6.09 Å². The molecule has 0 unspecified atom stereocenters. The van der Waals surface area contributed by atoms with E-state index in [1.165, 1.54) is 6.08 Å². The summed E-state index contributed by atoms with van der Waals surface area (Å²) in [5.74, 6) is -1.94. The lowest BCUT2D eigenvalue weighted by Gasteiger charge is -2.32. The van der Waals surface area contributed by atoms with Crippen LogP contribution in [0.3, 0.4) is 0 Å². The molecular weight excluding hydrogens is 544 g/mol. The van der Waals surface area contributed by atoms with Gasteiger partial charge in [-0.05, 0) is 45.4 Å². The summed E-state index contributed by atoms with van der Waals surface area (Å²) in [6.07, 6.45) is 2.99. The number of amides is 3. The smallest absolute Gasteiger partial charge is 0.405 e. The lowest BCUT2D eigenvalue weighted by atomic mass is 10.1. The number of aldehydes is 1. The third-order valence-electron chi connectivity index (χ3n) is 7.97. The Morgan fingerprint density at radius 2 is 1.95 bits per heavy atom. The maximum Gasteiger partial charge on any atom is 0.405 e. The highest BCUT2D eigenvalue weighted by Crippen LogP contribution is 2.47. The van der Waals surface area contributed by atoms with Crippen molar-refractivity contribution in [2.45, 2.75) is 86.4 Å². The van der Waals surface area contributed by atoms with E-state index in [4.69, 9.17) is 4.74 Å². The van der Waals surface area contributed by atoms with Gasteiger partial charge in [0.05, 0.1) is 29.0 Å². The molecule has 13 nitrogen and oxygen atoms in total. The predicted molar refractivity (Wildman–Crippen MR) is 145 cm³/mol. The number of carbonyl (C=O) groups is 4. The Morgan fingerprint density at radius 3 is 2.50 bits per heavy atom. The second-order valence-electron chi connectivity index (χ2n) is 11.0. The molecule has 0 aromatic rings. The molecule has 224 valence electrons. The van der Waals surface area contributed by atoms with Crippen molar-refractivity contribution in [3.8, 4) is 0 Å². The summed E-state index contributed by atoms with van der Waals surface area (Å²) in [7, 11) is -3.94. The summed E-state index contributed by atoms with van der Waals surface area (Å²) in [4.78, 5) is 51.1. The second-order valence-corrected chi connectivity index (χ2v) is 13.2. The number of β-amino-alcohol motifs (C(OH)–C–C–N with tert-alkyl or cyclic N) is 1. The Balaban J connectivity index is 1.74. The fourth-order valence-corrected chi connectivity index (χ4v) is 6.36. The molecule has 0 spiro atoms. The van der Waals surface area contributed by atoms with Crippen molar-refractivity contribution in [3.05, 3.63) is 25.3 Å². The van der Waals surface area contributed by atoms with E-state index in [-0.39, 0.29) is 39.0 Å². The van der Waals surface area contributed by atoms with Crippen LogP contribution < -0.4 is 15.4 Å². The molecule has 1 heterocycles. The number of hydrogen-bond acceptors (Lipinski definition) is 9. The van der Waals surface area contributed by atoms with Crippen LogP contribution in [0.1, 0.15) is 51.9 Å².